The van der Waals surface area contributed by atoms with Crippen LogP contribution in [0, 0.1) is 6.92 Å². The molecule has 0 N–H and O–H groups in total. The number of aromatic nitrogens is 1. The first-order valence-corrected chi connectivity index (χ1v) is 2.72. The van der Waals surface area contributed by atoms with Gasteiger partial charge in [-0.3, -0.25) is 9.98 Å². The maximum atomic E-state index is 3.91. The highest BCUT2D eigenvalue weighted by molar-refractivity contribution is 5.48. The Labute approximate surface area is 54.3 Å². The fourth-order valence-electron chi connectivity index (χ4n) is 0.643. The van der Waals surface area contributed by atoms with E-state index < -0.39 is 0 Å². The van der Waals surface area contributed by atoms with Crippen molar-refractivity contribution in [2.45, 2.75) is 6.92 Å². The highest BCUT2D eigenvalue weighted by Gasteiger charge is 1.89. The standard InChI is InChI=1S/C7H8N2/c1-6-5-9-4-3-7(6)8-2/h3-5H,2H2,1H3. The second-order valence-corrected chi connectivity index (χ2v) is 1.82. The lowest BCUT2D eigenvalue weighted by Crippen LogP contribution is -1.74. The van der Waals surface area contributed by atoms with Crippen molar-refractivity contribution in [3.8, 4) is 0 Å². The van der Waals surface area contributed by atoms with Gasteiger partial charge in [0.25, 0.3) is 0 Å². The van der Waals surface area contributed by atoms with Crippen LogP contribution in [0.2, 0.25) is 0 Å². The highest BCUT2D eigenvalue weighted by atomic mass is 14.7. The molecular weight excluding hydrogens is 112 g/mol. The number of nitrogens with zero attached hydrogens (tertiary/aromatic N) is 2. The van der Waals surface area contributed by atoms with E-state index >= 15 is 0 Å². The molecule has 1 rings (SSSR count). The molecule has 0 unspecified atom stereocenters. The van der Waals surface area contributed by atoms with Crippen LogP contribution in [0.1, 0.15) is 5.56 Å². The molecule has 0 aliphatic heterocycles. The van der Waals surface area contributed by atoms with Gasteiger partial charge in [0.1, 0.15) is 0 Å². The Morgan fingerprint density at radius 2 is 2.44 bits per heavy atom. The molecule has 0 saturated carbocycles. The topological polar surface area (TPSA) is 25.2 Å². The largest absolute Gasteiger partial charge is 0.264 e. The summed E-state index contributed by atoms with van der Waals surface area (Å²) < 4.78 is 0. The average molecular weight is 120 g/mol. The van der Waals surface area contributed by atoms with Crippen LogP contribution < -0.4 is 0 Å². The summed E-state index contributed by atoms with van der Waals surface area (Å²) >= 11 is 0. The predicted octanol–water partition coefficient (Wildman–Crippen LogP) is 1.72. The number of aryl methyl sites for hydroxylation is 1. The Morgan fingerprint density at radius 1 is 1.67 bits per heavy atom. The fourth-order valence-corrected chi connectivity index (χ4v) is 0.643. The molecule has 0 spiro atoms. The summed E-state index contributed by atoms with van der Waals surface area (Å²) in [5.41, 5.74) is 1.97. The van der Waals surface area contributed by atoms with E-state index in [0.29, 0.717) is 0 Å². The molecule has 2 nitrogen and oxygen atoms in total. The van der Waals surface area contributed by atoms with Crippen LogP contribution in [-0.4, -0.2) is 11.7 Å². The van der Waals surface area contributed by atoms with Crippen LogP contribution in [0.4, 0.5) is 5.69 Å². The Balaban J connectivity index is 3.15. The van der Waals surface area contributed by atoms with Crippen LogP contribution in [0.15, 0.2) is 23.5 Å². The van der Waals surface area contributed by atoms with Crippen LogP contribution in [0.3, 0.4) is 0 Å². The van der Waals surface area contributed by atoms with Crippen LogP contribution >= 0.6 is 0 Å². The molecule has 46 valence electrons. The smallest absolute Gasteiger partial charge is 0.0682 e. The Hall–Kier alpha value is -1.18. The summed E-state index contributed by atoms with van der Waals surface area (Å²) in [6, 6.07) is 1.84. The van der Waals surface area contributed by atoms with Gasteiger partial charge < -0.3 is 0 Å². The molecule has 0 bridgehead atoms. The van der Waals surface area contributed by atoms with Gasteiger partial charge in [-0.2, -0.15) is 0 Å². The number of aliphatic imine (C=N–C) groups is 1. The Kier molecular flexibility index (Phi) is 1.58. The summed E-state index contributed by atoms with van der Waals surface area (Å²) in [7, 11) is 0. The van der Waals surface area contributed by atoms with Crippen molar-refractivity contribution >= 4 is 12.4 Å². The van der Waals surface area contributed by atoms with Gasteiger partial charge in [-0.25, -0.2) is 0 Å². The minimum atomic E-state index is 0.907. The van der Waals surface area contributed by atoms with Crippen molar-refractivity contribution in [1.29, 1.82) is 0 Å². The predicted molar refractivity (Wildman–Crippen MR) is 38.2 cm³/mol. The lowest BCUT2D eigenvalue weighted by molar-refractivity contribution is 1.25. The van der Waals surface area contributed by atoms with E-state index in [0.717, 1.165) is 11.3 Å². The zero-order chi connectivity index (χ0) is 6.69. The molecule has 0 aromatic carbocycles. The van der Waals surface area contributed by atoms with Gasteiger partial charge in [0.2, 0.25) is 0 Å². The molecule has 1 aromatic heterocycles. The van der Waals surface area contributed by atoms with Gasteiger partial charge in [-0.05, 0) is 25.3 Å². The first-order valence-electron chi connectivity index (χ1n) is 2.72. The molecule has 0 radical (unpaired) electrons. The maximum Gasteiger partial charge on any atom is 0.0682 e. The molecule has 0 atom stereocenters. The van der Waals surface area contributed by atoms with Crippen LogP contribution in [0.25, 0.3) is 0 Å². The van der Waals surface area contributed by atoms with Crippen molar-refractivity contribution in [3.63, 3.8) is 0 Å². The molecule has 1 aromatic rings. The van der Waals surface area contributed by atoms with Gasteiger partial charge in [-0.1, -0.05) is 0 Å². The molecule has 0 fully saturated rings. The Bertz CT molecular complexity index is 218. The summed E-state index contributed by atoms with van der Waals surface area (Å²) in [6.45, 7) is 5.37. The van der Waals surface area contributed by atoms with E-state index in [1.807, 2.05) is 13.0 Å². The van der Waals surface area contributed by atoms with Gasteiger partial charge in [0, 0.05) is 12.4 Å². The quantitative estimate of drug-likeness (QED) is 0.518. The SMILES string of the molecule is C=Nc1ccncc1C. The van der Waals surface area contributed by atoms with Crippen molar-refractivity contribution < 1.29 is 0 Å². The lowest BCUT2D eigenvalue weighted by atomic mass is 10.3. The lowest BCUT2D eigenvalue weighted by Gasteiger charge is -1.93. The second-order valence-electron chi connectivity index (χ2n) is 1.82. The second kappa shape index (κ2) is 2.40. The molecule has 0 amide bonds. The number of hydrogen-bond acceptors (Lipinski definition) is 2. The third kappa shape index (κ3) is 1.13. The molecule has 9 heavy (non-hydrogen) atoms. The summed E-state index contributed by atoms with van der Waals surface area (Å²) in [5.74, 6) is 0. The molecular formula is C7H8N2. The zero-order valence-electron chi connectivity index (χ0n) is 5.33. The number of pyridine rings is 1. The minimum absolute atomic E-state index is 0.907. The van der Waals surface area contributed by atoms with E-state index in [4.69, 9.17) is 0 Å². The molecule has 0 aliphatic carbocycles. The van der Waals surface area contributed by atoms with E-state index in [2.05, 4.69) is 16.7 Å². The number of hydrogen-bond donors (Lipinski definition) is 0. The van der Waals surface area contributed by atoms with Crippen molar-refractivity contribution in [3.05, 3.63) is 24.0 Å². The summed E-state index contributed by atoms with van der Waals surface area (Å²) in [4.78, 5) is 7.69. The first kappa shape index (κ1) is 5.95. The van der Waals surface area contributed by atoms with Crippen LogP contribution in [-0.2, 0) is 0 Å². The molecule has 1 heterocycles. The molecule has 2 heteroatoms. The van der Waals surface area contributed by atoms with Gasteiger partial charge in [-0.15, -0.1) is 0 Å². The van der Waals surface area contributed by atoms with E-state index in [9.17, 15) is 0 Å². The molecule has 0 saturated heterocycles. The third-order valence-corrected chi connectivity index (χ3v) is 1.16. The summed E-state index contributed by atoms with van der Waals surface area (Å²) in [5, 5.41) is 0. The minimum Gasteiger partial charge on any atom is -0.264 e. The fraction of sp³-hybridized carbons (Fsp3) is 0.143. The van der Waals surface area contributed by atoms with Crippen LogP contribution in [0.5, 0.6) is 0 Å². The molecule has 0 aliphatic rings. The maximum absolute atomic E-state index is 3.91. The number of rotatable bonds is 1. The zero-order valence-corrected chi connectivity index (χ0v) is 5.33. The third-order valence-electron chi connectivity index (χ3n) is 1.16. The van der Waals surface area contributed by atoms with E-state index in [1.165, 1.54) is 0 Å². The van der Waals surface area contributed by atoms with Crippen molar-refractivity contribution in [2.24, 2.45) is 4.99 Å². The highest BCUT2D eigenvalue weighted by Crippen LogP contribution is 2.13. The first-order chi connectivity index (χ1) is 4.34. The van der Waals surface area contributed by atoms with Gasteiger partial charge in [0.05, 0.1) is 5.69 Å². The summed E-state index contributed by atoms with van der Waals surface area (Å²) in [6.07, 6.45) is 3.47. The van der Waals surface area contributed by atoms with Gasteiger partial charge >= 0.3 is 0 Å². The van der Waals surface area contributed by atoms with Gasteiger partial charge in [0.15, 0.2) is 0 Å². The van der Waals surface area contributed by atoms with Crippen molar-refractivity contribution in [2.75, 3.05) is 0 Å². The normalized spacial score (nSPS) is 9.00. The Morgan fingerprint density at radius 3 is 2.89 bits per heavy atom. The van der Waals surface area contributed by atoms with Crippen molar-refractivity contribution in [1.82, 2.24) is 4.98 Å². The van der Waals surface area contributed by atoms with E-state index in [1.54, 1.807) is 12.4 Å². The monoisotopic (exact) mass is 120 g/mol. The average Bonchev–Trinajstić information content (AvgIpc) is 1.89. The van der Waals surface area contributed by atoms with E-state index in [-0.39, 0.29) is 0 Å².